The lowest BCUT2D eigenvalue weighted by atomic mass is 10.1. The van der Waals surface area contributed by atoms with Crippen LogP contribution in [-0.4, -0.2) is 0 Å². The van der Waals surface area contributed by atoms with E-state index in [1.165, 1.54) is 0 Å². The largest absolute Gasteiger partial charge is 0.354 e. The lowest BCUT2D eigenvalue weighted by molar-refractivity contribution is 1.38. The SMILES string of the molecule is Cc1ccc(Cl)c(Nc2ccc(C#N)c(C)c2)c1. The number of aryl methyl sites for hydroxylation is 2. The molecule has 0 aliphatic rings. The maximum Gasteiger partial charge on any atom is 0.0994 e. The van der Waals surface area contributed by atoms with E-state index in [0.29, 0.717) is 10.6 Å². The minimum absolute atomic E-state index is 0.683. The number of nitriles is 1. The molecule has 0 saturated heterocycles. The average molecular weight is 257 g/mol. The summed E-state index contributed by atoms with van der Waals surface area (Å²) in [6.45, 7) is 3.94. The van der Waals surface area contributed by atoms with Crippen LogP contribution in [-0.2, 0) is 0 Å². The van der Waals surface area contributed by atoms with Gasteiger partial charge in [-0.2, -0.15) is 5.26 Å². The zero-order chi connectivity index (χ0) is 13.1. The Morgan fingerprint density at radius 2 is 1.89 bits per heavy atom. The maximum atomic E-state index is 8.89. The fraction of sp³-hybridized carbons (Fsp3) is 0.133. The summed E-state index contributed by atoms with van der Waals surface area (Å²) in [5.41, 5.74) is 4.59. The zero-order valence-electron chi connectivity index (χ0n) is 10.3. The molecular weight excluding hydrogens is 244 g/mol. The maximum absolute atomic E-state index is 8.89. The third-order valence-electron chi connectivity index (χ3n) is 2.75. The molecule has 0 amide bonds. The van der Waals surface area contributed by atoms with E-state index in [1.54, 1.807) is 6.07 Å². The first-order chi connectivity index (χ1) is 8.60. The minimum Gasteiger partial charge on any atom is -0.354 e. The molecular formula is C15H13ClN2. The van der Waals surface area contributed by atoms with Crippen LogP contribution in [0.25, 0.3) is 0 Å². The Kier molecular flexibility index (Phi) is 3.55. The molecule has 0 heterocycles. The van der Waals surface area contributed by atoms with E-state index < -0.39 is 0 Å². The Labute approximate surface area is 112 Å². The van der Waals surface area contributed by atoms with E-state index in [4.69, 9.17) is 16.9 Å². The van der Waals surface area contributed by atoms with E-state index >= 15 is 0 Å². The Bertz CT molecular complexity index is 627. The predicted molar refractivity (Wildman–Crippen MR) is 75.4 cm³/mol. The van der Waals surface area contributed by atoms with Gasteiger partial charge < -0.3 is 5.32 Å². The van der Waals surface area contributed by atoms with Gasteiger partial charge in [0.2, 0.25) is 0 Å². The van der Waals surface area contributed by atoms with Gasteiger partial charge in [-0.3, -0.25) is 0 Å². The summed E-state index contributed by atoms with van der Waals surface area (Å²) in [6, 6.07) is 13.6. The number of benzene rings is 2. The third kappa shape index (κ3) is 2.64. The topological polar surface area (TPSA) is 35.8 Å². The predicted octanol–water partition coefficient (Wildman–Crippen LogP) is 4.57. The average Bonchev–Trinajstić information content (AvgIpc) is 2.34. The van der Waals surface area contributed by atoms with Crippen molar-refractivity contribution in [3.63, 3.8) is 0 Å². The van der Waals surface area contributed by atoms with E-state index in [1.807, 2.05) is 44.2 Å². The first kappa shape index (κ1) is 12.5. The summed E-state index contributed by atoms with van der Waals surface area (Å²) < 4.78 is 0. The smallest absolute Gasteiger partial charge is 0.0994 e. The highest BCUT2D eigenvalue weighted by Crippen LogP contribution is 2.27. The number of hydrogen-bond acceptors (Lipinski definition) is 2. The van der Waals surface area contributed by atoms with Crippen LogP contribution in [0.15, 0.2) is 36.4 Å². The van der Waals surface area contributed by atoms with E-state index in [2.05, 4.69) is 11.4 Å². The third-order valence-corrected chi connectivity index (χ3v) is 3.08. The second-order valence-corrected chi connectivity index (χ2v) is 4.66. The lowest BCUT2D eigenvalue weighted by Gasteiger charge is -2.10. The van der Waals surface area contributed by atoms with Crippen molar-refractivity contribution in [3.8, 4) is 6.07 Å². The van der Waals surface area contributed by atoms with E-state index in [-0.39, 0.29) is 0 Å². The van der Waals surface area contributed by atoms with Gasteiger partial charge >= 0.3 is 0 Å². The molecule has 0 aromatic heterocycles. The molecule has 0 radical (unpaired) electrons. The monoisotopic (exact) mass is 256 g/mol. The van der Waals surface area contributed by atoms with Gasteiger partial charge in [-0.05, 0) is 55.3 Å². The molecule has 0 spiro atoms. The van der Waals surface area contributed by atoms with Gasteiger partial charge in [-0.1, -0.05) is 17.7 Å². The summed E-state index contributed by atoms with van der Waals surface area (Å²) in [5.74, 6) is 0. The molecule has 2 nitrogen and oxygen atoms in total. The highest BCUT2D eigenvalue weighted by atomic mass is 35.5. The second-order valence-electron chi connectivity index (χ2n) is 4.25. The molecule has 18 heavy (non-hydrogen) atoms. The van der Waals surface area contributed by atoms with Crippen LogP contribution in [0.2, 0.25) is 5.02 Å². The Hall–Kier alpha value is -1.98. The van der Waals surface area contributed by atoms with Gasteiger partial charge in [-0.15, -0.1) is 0 Å². The van der Waals surface area contributed by atoms with Gasteiger partial charge in [0.15, 0.2) is 0 Å². The van der Waals surface area contributed by atoms with E-state index in [9.17, 15) is 0 Å². The normalized spacial score (nSPS) is 9.89. The van der Waals surface area contributed by atoms with Crippen molar-refractivity contribution >= 4 is 23.0 Å². The van der Waals surface area contributed by atoms with Crippen LogP contribution in [0, 0.1) is 25.2 Å². The van der Waals surface area contributed by atoms with Gasteiger partial charge in [-0.25, -0.2) is 0 Å². The molecule has 0 aliphatic heterocycles. The van der Waals surface area contributed by atoms with Gasteiger partial charge in [0, 0.05) is 5.69 Å². The second kappa shape index (κ2) is 5.12. The summed E-state index contributed by atoms with van der Waals surface area (Å²) in [5, 5.41) is 12.8. The number of rotatable bonds is 2. The number of anilines is 2. The molecule has 0 saturated carbocycles. The van der Waals surface area contributed by atoms with Crippen molar-refractivity contribution in [2.45, 2.75) is 13.8 Å². The molecule has 3 heteroatoms. The summed E-state index contributed by atoms with van der Waals surface area (Å²) in [7, 11) is 0. The summed E-state index contributed by atoms with van der Waals surface area (Å²) in [6.07, 6.45) is 0. The number of nitrogens with zero attached hydrogens (tertiary/aromatic N) is 1. The lowest BCUT2D eigenvalue weighted by Crippen LogP contribution is -1.93. The van der Waals surface area contributed by atoms with Gasteiger partial charge in [0.25, 0.3) is 0 Å². The van der Waals surface area contributed by atoms with Crippen LogP contribution in [0.1, 0.15) is 16.7 Å². The molecule has 90 valence electrons. The molecule has 0 aliphatic carbocycles. The highest BCUT2D eigenvalue weighted by Gasteiger charge is 2.03. The minimum atomic E-state index is 0.683. The van der Waals surface area contributed by atoms with Crippen molar-refractivity contribution in [3.05, 3.63) is 58.1 Å². The Morgan fingerprint density at radius 3 is 2.56 bits per heavy atom. The molecule has 0 fully saturated rings. The van der Waals surface area contributed by atoms with Crippen LogP contribution in [0.3, 0.4) is 0 Å². The van der Waals surface area contributed by atoms with Crippen molar-refractivity contribution in [1.82, 2.24) is 0 Å². The van der Waals surface area contributed by atoms with Crippen molar-refractivity contribution in [1.29, 1.82) is 5.26 Å². The molecule has 0 bridgehead atoms. The molecule has 2 aromatic rings. The Balaban J connectivity index is 2.32. The first-order valence-corrected chi connectivity index (χ1v) is 6.02. The zero-order valence-corrected chi connectivity index (χ0v) is 11.0. The van der Waals surface area contributed by atoms with Crippen molar-refractivity contribution < 1.29 is 0 Å². The summed E-state index contributed by atoms with van der Waals surface area (Å²) in [4.78, 5) is 0. The van der Waals surface area contributed by atoms with Gasteiger partial charge in [0.1, 0.15) is 0 Å². The van der Waals surface area contributed by atoms with Crippen molar-refractivity contribution in [2.24, 2.45) is 0 Å². The standard InChI is InChI=1S/C15H13ClN2/c1-10-3-6-14(16)15(7-10)18-13-5-4-12(9-17)11(2)8-13/h3-8,18H,1-2H3. The van der Waals surface area contributed by atoms with Crippen LogP contribution < -0.4 is 5.32 Å². The fourth-order valence-corrected chi connectivity index (χ4v) is 1.92. The molecule has 0 atom stereocenters. The number of nitrogens with one attached hydrogen (secondary N) is 1. The quantitative estimate of drug-likeness (QED) is 0.854. The highest BCUT2D eigenvalue weighted by molar-refractivity contribution is 6.33. The summed E-state index contributed by atoms with van der Waals surface area (Å²) >= 11 is 6.13. The van der Waals surface area contributed by atoms with Crippen LogP contribution in [0.5, 0.6) is 0 Å². The van der Waals surface area contributed by atoms with Crippen molar-refractivity contribution in [2.75, 3.05) is 5.32 Å². The number of hydrogen-bond donors (Lipinski definition) is 1. The Morgan fingerprint density at radius 1 is 1.11 bits per heavy atom. The van der Waals surface area contributed by atoms with E-state index in [0.717, 1.165) is 22.5 Å². The fourth-order valence-electron chi connectivity index (χ4n) is 1.76. The molecule has 0 unspecified atom stereocenters. The molecule has 2 rings (SSSR count). The first-order valence-electron chi connectivity index (χ1n) is 5.64. The molecule has 1 N–H and O–H groups in total. The van der Waals surface area contributed by atoms with Crippen LogP contribution >= 0.6 is 11.6 Å². The van der Waals surface area contributed by atoms with Crippen LogP contribution in [0.4, 0.5) is 11.4 Å². The molecule has 2 aromatic carbocycles. The number of halogens is 1. The van der Waals surface area contributed by atoms with Gasteiger partial charge in [0.05, 0.1) is 22.3 Å².